The van der Waals surface area contributed by atoms with E-state index < -0.39 is 0 Å². The fraction of sp³-hybridized carbons (Fsp3) is 0.438. The van der Waals surface area contributed by atoms with Crippen LogP contribution in [0.15, 0.2) is 22.7 Å². The van der Waals surface area contributed by atoms with E-state index in [1.54, 1.807) is 0 Å². The lowest BCUT2D eigenvalue weighted by molar-refractivity contribution is 0.0952. The predicted molar refractivity (Wildman–Crippen MR) is 87.9 cm³/mol. The van der Waals surface area contributed by atoms with E-state index in [1.165, 1.54) is 12.8 Å². The van der Waals surface area contributed by atoms with Crippen molar-refractivity contribution in [2.75, 3.05) is 6.54 Å². The lowest BCUT2D eigenvalue weighted by Gasteiger charge is -2.15. The van der Waals surface area contributed by atoms with E-state index >= 15 is 0 Å². The van der Waals surface area contributed by atoms with Crippen molar-refractivity contribution in [1.82, 2.24) is 20.1 Å². The zero-order valence-electron chi connectivity index (χ0n) is 12.6. The normalized spacial score (nSPS) is 13.7. The Morgan fingerprint density at radius 2 is 2.23 bits per heavy atom. The van der Waals surface area contributed by atoms with Gasteiger partial charge in [-0.25, -0.2) is 0 Å². The summed E-state index contributed by atoms with van der Waals surface area (Å²) in [5, 5.41) is 11.5. The first kappa shape index (κ1) is 15.2. The molecule has 0 saturated heterocycles. The van der Waals surface area contributed by atoms with Gasteiger partial charge in [0.2, 0.25) is 0 Å². The number of nitrogens with one attached hydrogen (secondary N) is 1. The SMILES string of the molecule is Cc1cccc(Br)c1C(=O)NCCc1nnc2n1CCCC2. The van der Waals surface area contributed by atoms with Crippen molar-refractivity contribution in [3.8, 4) is 0 Å². The number of carbonyl (C=O) groups is 1. The highest BCUT2D eigenvalue weighted by Crippen LogP contribution is 2.20. The standard InChI is InChI=1S/C16H19BrN4O/c1-11-5-4-6-12(17)15(11)16(22)18-9-8-14-20-19-13-7-2-3-10-21(13)14/h4-6H,2-3,7-10H2,1H3,(H,18,22). The van der Waals surface area contributed by atoms with Crippen molar-refractivity contribution in [3.63, 3.8) is 0 Å². The minimum absolute atomic E-state index is 0.0524. The molecule has 6 heteroatoms. The number of rotatable bonds is 4. The Kier molecular flexibility index (Phi) is 4.57. The molecule has 5 nitrogen and oxygen atoms in total. The molecule has 22 heavy (non-hydrogen) atoms. The summed E-state index contributed by atoms with van der Waals surface area (Å²) in [5.41, 5.74) is 1.66. The summed E-state index contributed by atoms with van der Waals surface area (Å²) in [7, 11) is 0. The number of fused-ring (bicyclic) bond motifs is 1. The lowest BCUT2D eigenvalue weighted by atomic mass is 10.1. The van der Waals surface area contributed by atoms with Crippen molar-refractivity contribution < 1.29 is 4.79 Å². The third kappa shape index (κ3) is 3.06. The Hall–Kier alpha value is -1.69. The first-order chi connectivity index (χ1) is 10.7. The fourth-order valence-corrected chi connectivity index (χ4v) is 3.49. The van der Waals surface area contributed by atoms with E-state index in [-0.39, 0.29) is 5.91 Å². The van der Waals surface area contributed by atoms with Crippen molar-refractivity contribution in [2.45, 2.75) is 39.2 Å². The van der Waals surface area contributed by atoms with E-state index in [0.29, 0.717) is 18.5 Å². The van der Waals surface area contributed by atoms with Gasteiger partial charge in [0.25, 0.3) is 5.91 Å². The van der Waals surface area contributed by atoms with E-state index in [9.17, 15) is 4.79 Å². The minimum Gasteiger partial charge on any atom is -0.352 e. The van der Waals surface area contributed by atoms with Gasteiger partial charge < -0.3 is 9.88 Å². The third-order valence-corrected chi connectivity index (χ3v) is 4.68. The van der Waals surface area contributed by atoms with Crippen molar-refractivity contribution in [2.24, 2.45) is 0 Å². The number of halogens is 1. The van der Waals surface area contributed by atoms with Crippen LogP contribution in [0.5, 0.6) is 0 Å². The summed E-state index contributed by atoms with van der Waals surface area (Å²) in [6, 6.07) is 5.75. The van der Waals surface area contributed by atoms with E-state index in [4.69, 9.17) is 0 Å². The monoisotopic (exact) mass is 362 g/mol. The second-order valence-corrected chi connectivity index (χ2v) is 6.43. The average Bonchev–Trinajstić information content (AvgIpc) is 2.91. The van der Waals surface area contributed by atoms with Crippen LogP contribution in [0.3, 0.4) is 0 Å². The number of aryl methyl sites for hydroxylation is 2. The molecule has 0 atom stereocenters. The Labute approximate surface area is 138 Å². The van der Waals surface area contributed by atoms with Crippen LogP contribution in [-0.2, 0) is 19.4 Å². The van der Waals surface area contributed by atoms with Gasteiger partial charge in [-0.05, 0) is 47.3 Å². The molecule has 0 bridgehead atoms. The molecule has 0 saturated carbocycles. The van der Waals surface area contributed by atoms with Crippen LogP contribution in [0.4, 0.5) is 0 Å². The molecule has 0 fully saturated rings. The van der Waals surface area contributed by atoms with Gasteiger partial charge in [0, 0.05) is 30.4 Å². The highest BCUT2D eigenvalue weighted by Gasteiger charge is 2.16. The van der Waals surface area contributed by atoms with Gasteiger partial charge in [-0.15, -0.1) is 10.2 Å². The van der Waals surface area contributed by atoms with Gasteiger partial charge in [-0.2, -0.15) is 0 Å². The molecular weight excluding hydrogens is 344 g/mol. The molecule has 0 radical (unpaired) electrons. The summed E-state index contributed by atoms with van der Waals surface area (Å²) < 4.78 is 3.02. The second kappa shape index (κ2) is 6.60. The summed E-state index contributed by atoms with van der Waals surface area (Å²) in [6.45, 7) is 3.50. The van der Waals surface area contributed by atoms with Crippen LogP contribution in [-0.4, -0.2) is 27.2 Å². The maximum Gasteiger partial charge on any atom is 0.252 e. The number of carbonyl (C=O) groups excluding carboxylic acids is 1. The van der Waals surface area contributed by atoms with Crippen LogP contribution in [0.25, 0.3) is 0 Å². The van der Waals surface area contributed by atoms with Crippen LogP contribution in [0.2, 0.25) is 0 Å². The molecule has 1 amide bonds. The quantitative estimate of drug-likeness (QED) is 0.909. The summed E-state index contributed by atoms with van der Waals surface area (Å²) in [5.74, 6) is 2.00. The van der Waals surface area contributed by atoms with E-state index in [0.717, 1.165) is 34.7 Å². The summed E-state index contributed by atoms with van der Waals surface area (Å²) in [4.78, 5) is 12.3. The predicted octanol–water partition coefficient (Wildman–Crippen LogP) is 2.66. The maximum atomic E-state index is 12.3. The number of nitrogens with zero attached hydrogens (tertiary/aromatic N) is 3. The fourth-order valence-electron chi connectivity index (χ4n) is 2.85. The largest absolute Gasteiger partial charge is 0.352 e. The van der Waals surface area contributed by atoms with Crippen LogP contribution in [0.1, 0.15) is 40.4 Å². The van der Waals surface area contributed by atoms with Gasteiger partial charge in [-0.3, -0.25) is 4.79 Å². The van der Waals surface area contributed by atoms with Gasteiger partial charge in [0.05, 0.1) is 5.56 Å². The molecule has 1 aromatic carbocycles. The molecular formula is C16H19BrN4O. The number of hydrogen-bond acceptors (Lipinski definition) is 3. The number of hydrogen-bond donors (Lipinski definition) is 1. The van der Waals surface area contributed by atoms with Gasteiger partial charge >= 0.3 is 0 Å². The number of benzene rings is 1. The average molecular weight is 363 g/mol. The highest BCUT2D eigenvalue weighted by atomic mass is 79.9. The summed E-state index contributed by atoms with van der Waals surface area (Å²) >= 11 is 3.44. The molecule has 116 valence electrons. The minimum atomic E-state index is -0.0524. The molecule has 0 spiro atoms. The molecule has 1 aliphatic rings. The van der Waals surface area contributed by atoms with Crippen molar-refractivity contribution in [1.29, 1.82) is 0 Å². The number of amides is 1. The van der Waals surface area contributed by atoms with E-state index in [2.05, 4.69) is 36.0 Å². The molecule has 2 aromatic rings. The summed E-state index contributed by atoms with van der Waals surface area (Å²) in [6.07, 6.45) is 4.09. The topological polar surface area (TPSA) is 59.8 Å². The van der Waals surface area contributed by atoms with Gasteiger partial charge in [0.1, 0.15) is 11.6 Å². The molecule has 1 aromatic heterocycles. The van der Waals surface area contributed by atoms with E-state index in [1.807, 2.05) is 25.1 Å². The molecule has 2 heterocycles. The lowest BCUT2D eigenvalue weighted by Crippen LogP contribution is -2.27. The van der Waals surface area contributed by atoms with Crippen molar-refractivity contribution in [3.05, 3.63) is 45.4 Å². The molecule has 0 aliphatic carbocycles. The van der Waals surface area contributed by atoms with Crippen LogP contribution < -0.4 is 5.32 Å². The molecule has 1 N–H and O–H groups in total. The van der Waals surface area contributed by atoms with Crippen molar-refractivity contribution >= 4 is 21.8 Å². The Balaban J connectivity index is 1.61. The second-order valence-electron chi connectivity index (χ2n) is 5.58. The van der Waals surface area contributed by atoms with Gasteiger partial charge in [0.15, 0.2) is 0 Å². The molecule has 3 rings (SSSR count). The first-order valence-corrected chi connectivity index (χ1v) is 8.40. The Morgan fingerprint density at radius 3 is 3.05 bits per heavy atom. The zero-order valence-corrected chi connectivity index (χ0v) is 14.2. The molecule has 0 unspecified atom stereocenters. The number of aromatic nitrogens is 3. The van der Waals surface area contributed by atoms with Gasteiger partial charge in [-0.1, -0.05) is 12.1 Å². The van der Waals surface area contributed by atoms with Crippen LogP contribution >= 0.6 is 15.9 Å². The third-order valence-electron chi connectivity index (χ3n) is 4.02. The Bertz CT molecular complexity index is 675. The molecule has 1 aliphatic heterocycles. The maximum absolute atomic E-state index is 12.3. The Morgan fingerprint density at radius 1 is 1.36 bits per heavy atom. The van der Waals surface area contributed by atoms with Crippen LogP contribution in [0, 0.1) is 6.92 Å². The highest BCUT2D eigenvalue weighted by molar-refractivity contribution is 9.10. The first-order valence-electron chi connectivity index (χ1n) is 7.61. The zero-order chi connectivity index (χ0) is 15.5. The smallest absolute Gasteiger partial charge is 0.252 e.